The molecule has 0 radical (unpaired) electrons. The molecule has 4 nitrogen and oxygen atoms in total. The Kier molecular flexibility index (Phi) is 6.12. The molecule has 1 aromatic carbocycles. The van der Waals surface area contributed by atoms with Gasteiger partial charge in [-0.25, -0.2) is 4.39 Å². The summed E-state index contributed by atoms with van der Waals surface area (Å²) in [5.74, 6) is -0.688. The second-order valence-electron chi connectivity index (χ2n) is 4.09. The molecule has 0 aliphatic carbocycles. The molecule has 0 bridgehead atoms. The molecule has 0 spiro atoms. The third-order valence-electron chi connectivity index (χ3n) is 2.81. The van der Waals surface area contributed by atoms with Gasteiger partial charge >= 0.3 is 5.97 Å². The van der Waals surface area contributed by atoms with Crippen molar-refractivity contribution < 1.29 is 18.7 Å². The lowest BCUT2D eigenvalue weighted by Gasteiger charge is -2.14. The molecule has 5 heteroatoms. The summed E-state index contributed by atoms with van der Waals surface area (Å²) in [6, 6.07) is 4.65. The molecule has 0 saturated carbocycles. The lowest BCUT2D eigenvalue weighted by molar-refractivity contribution is -0.145. The van der Waals surface area contributed by atoms with Crippen LogP contribution in [0.5, 0.6) is 5.75 Å². The summed E-state index contributed by atoms with van der Waals surface area (Å²) in [6.45, 7) is 4.54. The van der Waals surface area contributed by atoms with Gasteiger partial charge in [0.1, 0.15) is 0 Å². The maximum absolute atomic E-state index is 13.6. The lowest BCUT2D eigenvalue weighted by atomic mass is 10.1. The monoisotopic (exact) mass is 269 g/mol. The third-order valence-corrected chi connectivity index (χ3v) is 2.81. The van der Waals surface area contributed by atoms with Gasteiger partial charge in [0.25, 0.3) is 0 Å². The van der Waals surface area contributed by atoms with Gasteiger partial charge < -0.3 is 14.8 Å². The number of esters is 1. The molecule has 1 unspecified atom stereocenters. The summed E-state index contributed by atoms with van der Waals surface area (Å²) < 4.78 is 23.4. The molecule has 0 amide bonds. The second-order valence-corrected chi connectivity index (χ2v) is 4.09. The molecule has 0 fully saturated rings. The number of hydrogen-bond donors (Lipinski definition) is 1. The Morgan fingerprint density at radius 2 is 2.16 bits per heavy atom. The Hall–Kier alpha value is -1.78. The highest BCUT2D eigenvalue weighted by molar-refractivity contribution is 5.73. The first-order valence-electron chi connectivity index (χ1n) is 6.36. The molecule has 1 atom stereocenters. The smallest absolute Gasteiger partial charge is 0.310 e. The highest BCUT2D eigenvalue weighted by Crippen LogP contribution is 2.21. The van der Waals surface area contributed by atoms with Crippen molar-refractivity contribution in [1.29, 1.82) is 0 Å². The van der Waals surface area contributed by atoms with Crippen LogP contribution < -0.4 is 10.1 Å². The van der Waals surface area contributed by atoms with E-state index in [0.29, 0.717) is 25.3 Å². The Bertz CT molecular complexity index is 423. The molecule has 0 aromatic heterocycles. The first-order chi connectivity index (χ1) is 9.12. The van der Waals surface area contributed by atoms with Crippen LogP contribution in [0.2, 0.25) is 0 Å². The van der Waals surface area contributed by atoms with Crippen molar-refractivity contribution in [3.05, 3.63) is 24.0 Å². The maximum Gasteiger partial charge on any atom is 0.310 e. The van der Waals surface area contributed by atoms with Crippen LogP contribution in [-0.4, -0.2) is 26.2 Å². The molecular weight excluding hydrogens is 249 g/mol. The van der Waals surface area contributed by atoms with Crippen molar-refractivity contribution in [2.24, 2.45) is 5.92 Å². The number of nitrogens with one attached hydrogen (secondary N) is 1. The zero-order chi connectivity index (χ0) is 14.3. The van der Waals surface area contributed by atoms with Gasteiger partial charge in [-0.1, -0.05) is 6.92 Å². The normalized spacial score (nSPS) is 11.8. The van der Waals surface area contributed by atoms with E-state index in [2.05, 4.69) is 5.32 Å². The van der Waals surface area contributed by atoms with Crippen LogP contribution in [-0.2, 0) is 9.53 Å². The highest BCUT2D eigenvalue weighted by Gasteiger charge is 2.16. The quantitative estimate of drug-likeness (QED) is 0.773. The van der Waals surface area contributed by atoms with Crippen LogP contribution >= 0.6 is 0 Å². The van der Waals surface area contributed by atoms with Crippen molar-refractivity contribution in [3.8, 4) is 5.75 Å². The summed E-state index contributed by atoms with van der Waals surface area (Å²) in [7, 11) is 1.36. The second kappa shape index (κ2) is 7.61. The fraction of sp³-hybridized carbons (Fsp3) is 0.500. The van der Waals surface area contributed by atoms with E-state index in [4.69, 9.17) is 9.47 Å². The van der Waals surface area contributed by atoms with Gasteiger partial charge in [0.05, 0.1) is 19.6 Å². The van der Waals surface area contributed by atoms with Gasteiger partial charge in [-0.3, -0.25) is 4.79 Å². The fourth-order valence-electron chi connectivity index (χ4n) is 1.69. The Balaban J connectivity index is 2.62. The average Bonchev–Trinajstić information content (AvgIpc) is 2.42. The molecule has 1 rings (SSSR count). The van der Waals surface area contributed by atoms with Gasteiger partial charge in [-0.2, -0.15) is 0 Å². The number of carbonyl (C=O) groups is 1. The largest absolute Gasteiger partial charge is 0.491 e. The number of anilines is 1. The number of hydrogen-bond acceptors (Lipinski definition) is 4. The predicted octanol–water partition coefficient (Wildman–Crippen LogP) is 2.84. The molecule has 1 aromatic rings. The van der Waals surface area contributed by atoms with E-state index in [-0.39, 0.29) is 17.6 Å². The molecule has 0 aliphatic rings. The van der Waals surface area contributed by atoms with Crippen LogP contribution in [0, 0.1) is 11.7 Å². The molecule has 0 saturated heterocycles. The number of methoxy groups -OCH3 is 1. The lowest BCUT2D eigenvalue weighted by Crippen LogP contribution is -2.23. The van der Waals surface area contributed by atoms with Crippen LogP contribution in [0.4, 0.5) is 10.1 Å². The molecule has 106 valence electrons. The third kappa shape index (κ3) is 4.43. The minimum absolute atomic E-state index is 0.230. The van der Waals surface area contributed by atoms with Crippen molar-refractivity contribution in [3.63, 3.8) is 0 Å². The molecule has 1 N–H and O–H groups in total. The van der Waals surface area contributed by atoms with E-state index in [9.17, 15) is 9.18 Å². The molecule has 0 aliphatic heterocycles. The van der Waals surface area contributed by atoms with Gasteiger partial charge in [0.15, 0.2) is 11.6 Å². The van der Waals surface area contributed by atoms with Crippen LogP contribution in [0.3, 0.4) is 0 Å². The van der Waals surface area contributed by atoms with E-state index >= 15 is 0 Å². The molecular formula is C14H20FNO3. The minimum Gasteiger partial charge on any atom is -0.491 e. The van der Waals surface area contributed by atoms with Gasteiger partial charge in [-0.15, -0.1) is 0 Å². The molecule has 0 heterocycles. The maximum atomic E-state index is 13.6. The predicted molar refractivity (Wildman–Crippen MR) is 71.9 cm³/mol. The summed E-state index contributed by atoms with van der Waals surface area (Å²) in [5, 5.41) is 3.02. The first-order valence-corrected chi connectivity index (χ1v) is 6.36. The Morgan fingerprint density at radius 3 is 2.68 bits per heavy atom. The summed E-state index contributed by atoms with van der Waals surface area (Å²) in [4.78, 5) is 11.4. The number of rotatable bonds is 7. The first kappa shape index (κ1) is 15.3. The van der Waals surface area contributed by atoms with Crippen molar-refractivity contribution in [2.45, 2.75) is 20.3 Å². The fourth-order valence-corrected chi connectivity index (χ4v) is 1.69. The number of carbonyl (C=O) groups excluding carboxylic acids is 1. The van der Waals surface area contributed by atoms with Gasteiger partial charge in [0.2, 0.25) is 0 Å². The summed E-state index contributed by atoms with van der Waals surface area (Å²) in [5.41, 5.74) is 0.614. The van der Waals surface area contributed by atoms with Crippen LogP contribution in [0.25, 0.3) is 0 Å². The zero-order valence-electron chi connectivity index (χ0n) is 11.5. The van der Waals surface area contributed by atoms with E-state index < -0.39 is 5.82 Å². The van der Waals surface area contributed by atoms with E-state index in [0.717, 1.165) is 0 Å². The number of halogens is 1. The van der Waals surface area contributed by atoms with E-state index in [1.807, 2.05) is 6.92 Å². The number of ether oxygens (including phenoxy) is 2. The van der Waals surface area contributed by atoms with Crippen molar-refractivity contribution >= 4 is 11.7 Å². The summed E-state index contributed by atoms with van der Waals surface area (Å²) in [6.07, 6.45) is 0.666. The van der Waals surface area contributed by atoms with Crippen molar-refractivity contribution in [2.75, 3.05) is 25.6 Å². The van der Waals surface area contributed by atoms with Crippen molar-refractivity contribution in [1.82, 2.24) is 0 Å². The Morgan fingerprint density at radius 1 is 1.42 bits per heavy atom. The standard InChI is InChI=1S/C14H20FNO3/c1-4-10(14(17)18-3)9-16-11-6-7-13(19-5-2)12(15)8-11/h6-8,10,16H,4-5,9H2,1-3H3. The SMILES string of the molecule is CCOc1ccc(NCC(CC)C(=O)OC)cc1F. The average molecular weight is 269 g/mol. The highest BCUT2D eigenvalue weighted by atomic mass is 19.1. The van der Waals surface area contributed by atoms with Gasteiger partial charge in [-0.05, 0) is 25.5 Å². The van der Waals surface area contributed by atoms with E-state index in [1.165, 1.54) is 13.2 Å². The number of benzene rings is 1. The van der Waals surface area contributed by atoms with Crippen LogP contribution in [0.15, 0.2) is 18.2 Å². The molecule has 19 heavy (non-hydrogen) atoms. The minimum atomic E-state index is -0.419. The van der Waals surface area contributed by atoms with Gasteiger partial charge in [0, 0.05) is 18.3 Å². The van der Waals surface area contributed by atoms with Crippen LogP contribution in [0.1, 0.15) is 20.3 Å². The zero-order valence-corrected chi connectivity index (χ0v) is 11.5. The van der Waals surface area contributed by atoms with E-state index in [1.54, 1.807) is 19.1 Å². The topological polar surface area (TPSA) is 47.6 Å². The summed E-state index contributed by atoms with van der Waals surface area (Å²) >= 11 is 0. The Labute approximate surface area is 112 Å².